The van der Waals surface area contributed by atoms with E-state index in [0.29, 0.717) is 59.3 Å². The molecule has 28 heavy (non-hydrogen) atoms. The van der Waals surface area contributed by atoms with Crippen LogP contribution in [0.5, 0.6) is 0 Å². The zero-order valence-corrected chi connectivity index (χ0v) is 16.5. The molecule has 0 radical (unpaired) electrons. The number of nitrogens with zero attached hydrogens (tertiary/aromatic N) is 1. The number of hydrogen-bond donors (Lipinski definition) is 2. The van der Waals surface area contributed by atoms with Crippen molar-refractivity contribution >= 4 is 40.5 Å². The van der Waals surface area contributed by atoms with Crippen molar-refractivity contribution in [2.24, 2.45) is 5.92 Å². The molecule has 1 atom stereocenters. The first-order valence-electron chi connectivity index (χ1n) is 8.97. The molecule has 8 heteroatoms. The molecule has 1 fully saturated rings. The van der Waals surface area contributed by atoms with E-state index in [2.05, 4.69) is 5.32 Å². The lowest BCUT2D eigenvalue weighted by molar-refractivity contribution is -0.120. The lowest BCUT2D eigenvalue weighted by atomic mass is 9.90. The first kappa shape index (κ1) is 20.8. The van der Waals surface area contributed by atoms with Gasteiger partial charge in [0.15, 0.2) is 0 Å². The van der Waals surface area contributed by atoms with E-state index in [4.69, 9.17) is 28.3 Å². The Labute approximate surface area is 172 Å². The molecule has 2 aromatic carbocycles. The number of amides is 1. The number of halogens is 4. The molecule has 1 amide bonds. The third-order valence-corrected chi connectivity index (χ3v) is 5.34. The Morgan fingerprint density at radius 1 is 1.18 bits per heavy atom. The van der Waals surface area contributed by atoms with Crippen molar-refractivity contribution in [1.82, 2.24) is 0 Å². The Hall–Kier alpha value is -1.89. The smallest absolute Gasteiger partial charge is 0.227 e. The summed E-state index contributed by atoms with van der Waals surface area (Å²) in [6.07, 6.45) is 1.30. The van der Waals surface area contributed by atoms with Crippen molar-refractivity contribution < 1.29 is 18.7 Å². The number of benzene rings is 2. The molecule has 1 aliphatic heterocycles. The summed E-state index contributed by atoms with van der Waals surface area (Å²) in [4.78, 5) is 14.0. The lowest BCUT2D eigenvalue weighted by Crippen LogP contribution is -2.41. The van der Waals surface area contributed by atoms with Gasteiger partial charge in [-0.05, 0) is 42.5 Å². The van der Waals surface area contributed by atoms with Crippen LogP contribution in [0.3, 0.4) is 0 Å². The first-order chi connectivity index (χ1) is 13.4. The van der Waals surface area contributed by atoms with E-state index >= 15 is 0 Å². The minimum absolute atomic E-state index is 0.00279. The van der Waals surface area contributed by atoms with Crippen LogP contribution < -0.4 is 10.2 Å². The highest BCUT2D eigenvalue weighted by Gasteiger charge is 2.30. The number of rotatable bonds is 6. The van der Waals surface area contributed by atoms with Crippen molar-refractivity contribution in [3.05, 3.63) is 57.6 Å². The largest absolute Gasteiger partial charge is 0.395 e. The van der Waals surface area contributed by atoms with E-state index < -0.39 is 11.6 Å². The van der Waals surface area contributed by atoms with E-state index in [1.165, 1.54) is 17.0 Å². The predicted molar refractivity (Wildman–Crippen MR) is 107 cm³/mol. The van der Waals surface area contributed by atoms with Crippen LogP contribution in [0.25, 0.3) is 0 Å². The van der Waals surface area contributed by atoms with Gasteiger partial charge in [0.2, 0.25) is 5.91 Å². The van der Waals surface area contributed by atoms with Crippen molar-refractivity contribution in [3.63, 3.8) is 0 Å². The topological polar surface area (TPSA) is 52.6 Å². The molecular weight excluding hydrogens is 409 g/mol. The fraction of sp³-hybridized carbons (Fsp3) is 0.350. The second kappa shape index (κ2) is 9.07. The van der Waals surface area contributed by atoms with Crippen LogP contribution in [0, 0.1) is 17.6 Å². The molecule has 2 aromatic rings. The highest BCUT2D eigenvalue weighted by atomic mass is 35.5. The highest BCUT2D eigenvalue weighted by molar-refractivity contribution is 6.40. The third kappa shape index (κ3) is 4.74. The maximum absolute atomic E-state index is 14.0. The van der Waals surface area contributed by atoms with Gasteiger partial charge in [-0.2, -0.15) is 0 Å². The summed E-state index contributed by atoms with van der Waals surface area (Å²) >= 11 is 12.8. The van der Waals surface area contributed by atoms with Crippen LogP contribution in [0.2, 0.25) is 10.0 Å². The van der Waals surface area contributed by atoms with Gasteiger partial charge < -0.3 is 15.3 Å². The molecule has 3 rings (SSSR count). The Kier molecular flexibility index (Phi) is 6.75. The molecule has 0 aromatic heterocycles. The minimum Gasteiger partial charge on any atom is -0.395 e. The number of piperidine rings is 1. The fourth-order valence-electron chi connectivity index (χ4n) is 3.42. The van der Waals surface area contributed by atoms with Gasteiger partial charge in [0.1, 0.15) is 11.6 Å². The number of carbonyl (C=O) groups is 1. The van der Waals surface area contributed by atoms with Crippen LogP contribution in [-0.2, 0) is 11.2 Å². The SMILES string of the molecule is O=C1CCC(Cc2ccc(F)cc2F)CN1c1c(Cl)cc(NCCO)cc1Cl. The number of nitrogens with one attached hydrogen (secondary N) is 1. The average molecular weight is 429 g/mol. The van der Waals surface area contributed by atoms with Crippen molar-refractivity contribution in [2.45, 2.75) is 19.3 Å². The molecule has 150 valence electrons. The Bertz CT molecular complexity index is 856. The van der Waals surface area contributed by atoms with Crippen LogP contribution in [-0.4, -0.2) is 30.7 Å². The van der Waals surface area contributed by atoms with Gasteiger partial charge in [-0.25, -0.2) is 8.78 Å². The predicted octanol–water partition coefficient (Wildman–Crippen LogP) is 4.66. The summed E-state index contributed by atoms with van der Waals surface area (Å²) in [5.41, 5.74) is 1.48. The van der Waals surface area contributed by atoms with E-state index in [-0.39, 0.29) is 18.4 Å². The lowest BCUT2D eigenvalue weighted by Gasteiger charge is -2.34. The quantitative estimate of drug-likeness (QED) is 0.703. The van der Waals surface area contributed by atoms with Crippen LogP contribution in [0.4, 0.5) is 20.2 Å². The van der Waals surface area contributed by atoms with Gasteiger partial charge >= 0.3 is 0 Å². The van der Waals surface area contributed by atoms with Crippen LogP contribution in [0.15, 0.2) is 30.3 Å². The van der Waals surface area contributed by atoms with Gasteiger partial charge in [0, 0.05) is 31.3 Å². The molecule has 2 N–H and O–H groups in total. The molecule has 1 heterocycles. The molecule has 0 saturated carbocycles. The van der Waals surface area contributed by atoms with Gasteiger partial charge in [0.05, 0.1) is 22.3 Å². The Morgan fingerprint density at radius 2 is 1.89 bits per heavy atom. The minimum atomic E-state index is -0.616. The fourth-order valence-corrected chi connectivity index (χ4v) is 4.11. The van der Waals surface area contributed by atoms with Gasteiger partial charge in [-0.3, -0.25) is 4.79 Å². The van der Waals surface area contributed by atoms with Gasteiger partial charge in [-0.1, -0.05) is 29.3 Å². The normalized spacial score (nSPS) is 17.1. The van der Waals surface area contributed by atoms with Crippen molar-refractivity contribution in [1.29, 1.82) is 0 Å². The number of hydrogen-bond acceptors (Lipinski definition) is 3. The maximum Gasteiger partial charge on any atom is 0.227 e. The van der Waals surface area contributed by atoms with E-state index in [0.717, 1.165) is 6.07 Å². The summed E-state index contributed by atoms with van der Waals surface area (Å²) in [7, 11) is 0. The van der Waals surface area contributed by atoms with Gasteiger partial charge in [-0.15, -0.1) is 0 Å². The molecule has 0 aliphatic carbocycles. The van der Waals surface area contributed by atoms with Crippen LogP contribution in [0.1, 0.15) is 18.4 Å². The number of carbonyl (C=O) groups excluding carboxylic acids is 1. The van der Waals surface area contributed by atoms with Crippen molar-refractivity contribution in [3.8, 4) is 0 Å². The van der Waals surface area contributed by atoms with Gasteiger partial charge in [0.25, 0.3) is 0 Å². The second-order valence-corrected chi connectivity index (χ2v) is 7.60. The Balaban J connectivity index is 1.80. The monoisotopic (exact) mass is 428 g/mol. The van der Waals surface area contributed by atoms with E-state index in [1.54, 1.807) is 12.1 Å². The standard InChI is InChI=1S/C20H20Cl2F2N2O2/c21-16-9-15(25-5-6-27)10-17(22)20(16)26-11-12(1-4-19(26)28)7-13-2-3-14(23)8-18(13)24/h2-3,8-10,12,25,27H,1,4-7,11H2. The Morgan fingerprint density at radius 3 is 2.54 bits per heavy atom. The highest BCUT2D eigenvalue weighted by Crippen LogP contribution is 2.39. The molecule has 0 bridgehead atoms. The van der Waals surface area contributed by atoms with E-state index in [1.807, 2.05) is 0 Å². The number of aliphatic hydroxyl groups is 1. The summed E-state index contributed by atoms with van der Waals surface area (Å²) < 4.78 is 27.1. The van der Waals surface area contributed by atoms with Crippen LogP contribution >= 0.6 is 23.2 Å². The molecular formula is C20H20Cl2F2N2O2. The molecule has 0 spiro atoms. The molecule has 1 unspecified atom stereocenters. The third-order valence-electron chi connectivity index (χ3n) is 4.76. The molecule has 4 nitrogen and oxygen atoms in total. The zero-order chi connectivity index (χ0) is 20.3. The molecule has 1 saturated heterocycles. The first-order valence-corrected chi connectivity index (χ1v) is 9.72. The number of anilines is 2. The van der Waals surface area contributed by atoms with E-state index in [9.17, 15) is 13.6 Å². The summed E-state index contributed by atoms with van der Waals surface area (Å²) in [6.45, 7) is 0.654. The summed E-state index contributed by atoms with van der Waals surface area (Å²) in [5, 5.41) is 12.5. The summed E-state index contributed by atoms with van der Waals surface area (Å²) in [6, 6.07) is 6.83. The average Bonchev–Trinajstić information content (AvgIpc) is 2.64. The molecule has 1 aliphatic rings. The number of aliphatic hydroxyl groups excluding tert-OH is 1. The summed E-state index contributed by atoms with van der Waals surface area (Å²) in [5.74, 6) is -1.30. The second-order valence-electron chi connectivity index (χ2n) is 6.79. The van der Waals surface area contributed by atoms with Crippen molar-refractivity contribution in [2.75, 3.05) is 29.9 Å². The zero-order valence-electron chi connectivity index (χ0n) is 15.0. The maximum atomic E-state index is 14.0.